The number of fused-ring (bicyclic) bond motifs is 1. The van der Waals surface area contributed by atoms with Gasteiger partial charge >= 0.3 is 0 Å². The molecule has 0 aliphatic carbocycles. The molecule has 0 fully saturated rings. The van der Waals surface area contributed by atoms with E-state index in [1.807, 2.05) is 23.5 Å². The minimum atomic E-state index is -0.523. The van der Waals surface area contributed by atoms with E-state index in [0.29, 0.717) is 19.2 Å². The van der Waals surface area contributed by atoms with Gasteiger partial charge in [-0.3, -0.25) is 4.40 Å². The molecule has 0 radical (unpaired) electrons. The summed E-state index contributed by atoms with van der Waals surface area (Å²) in [7, 11) is 3.54. The number of aliphatic hydroxyl groups is 1. The predicted molar refractivity (Wildman–Crippen MR) is 86.2 cm³/mol. The molecule has 2 N–H and O–H groups in total. The summed E-state index contributed by atoms with van der Waals surface area (Å²) in [5, 5.41) is 15.4. The first-order valence-corrected chi connectivity index (χ1v) is 7.96. The van der Waals surface area contributed by atoms with E-state index in [9.17, 15) is 5.11 Å². The van der Waals surface area contributed by atoms with Crippen LogP contribution in [0.25, 0.3) is 4.96 Å². The Morgan fingerprint density at radius 3 is 2.95 bits per heavy atom. The lowest BCUT2D eigenvalue weighted by atomic mass is 10.3. The molecule has 2 heterocycles. The van der Waals surface area contributed by atoms with Crippen LogP contribution in [0.4, 0.5) is 5.82 Å². The summed E-state index contributed by atoms with van der Waals surface area (Å²) in [5.74, 6) is 0.908. The molecule has 2 rings (SSSR count). The van der Waals surface area contributed by atoms with Crippen LogP contribution in [0.3, 0.4) is 0 Å². The highest BCUT2D eigenvalue weighted by Crippen LogP contribution is 2.24. The number of hydrogen-bond donors (Lipinski definition) is 2. The van der Waals surface area contributed by atoms with Crippen molar-refractivity contribution in [3.63, 3.8) is 0 Å². The fraction of sp³-hybridized carbons (Fsp3) is 0.643. The summed E-state index contributed by atoms with van der Waals surface area (Å²) in [6.45, 7) is 5.81. The Hall–Kier alpha value is -1.15. The fourth-order valence-corrected chi connectivity index (χ4v) is 2.97. The number of rotatable bonds is 8. The third kappa shape index (κ3) is 3.94. The molecule has 7 heteroatoms. The van der Waals surface area contributed by atoms with Gasteiger partial charge < -0.3 is 20.1 Å². The highest BCUT2D eigenvalue weighted by molar-refractivity contribution is 7.15. The number of aliphatic hydroxyl groups excluding tert-OH is 1. The van der Waals surface area contributed by atoms with Gasteiger partial charge in [0.25, 0.3) is 0 Å². The van der Waals surface area contributed by atoms with Gasteiger partial charge in [-0.1, -0.05) is 13.8 Å². The van der Waals surface area contributed by atoms with E-state index in [0.717, 1.165) is 23.0 Å². The summed E-state index contributed by atoms with van der Waals surface area (Å²) < 4.78 is 7.09. The summed E-state index contributed by atoms with van der Waals surface area (Å²) in [5.41, 5.74) is 1.12. The van der Waals surface area contributed by atoms with Crippen molar-refractivity contribution in [1.29, 1.82) is 0 Å². The molecular formula is C14H24N4O2S. The lowest BCUT2D eigenvalue weighted by Gasteiger charge is -2.22. The summed E-state index contributed by atoms with van der Waals surface area (Å²) in [6, 6.07) is 0.409. The topological polar surface area (TPSA) is 62.0 Å². The SMILES string of the molecule is COCC(O)CN(C)c1nc2sccn2c1CNC(C)C. The van der Waals surface area contributed by atoms with Gasteiger partial charge in [-0.15, -0.1) is 11.3 Å². The lowest BCUT2D eigenvalue weighted by Crippen LogP contribution is -2.33. The monoisotopic (exact) mass is 312 g/mol. The number of thiazole rings is 1. The van der Waals surface area contributed by atoms with Crippen LogP contribution in [-0.2, 0) is 11.3 Å². The maximum Gasteiger partial charge on any atom is 0.195 e. The molecular weight excluding hydrogens is 288 g/mol. The molecule has 1 atom stereocenters. The summed E-state index contributed by atoms with van der Waals surface area (Å²) >= 11 is 1.61. The van der Waals surface area contributed by atoms with Crippen molar-refractivity contribution in [2.24, 2.45) is 0 Å². The van der Waals surface area contributed by atoms with E-state index in [4.69, 9.17) is 4.74 Å². The van der Waals surface area contributed by atoms with E-state index >= 15 is 0 Å². The van der Waals surface area contributed by atoms with Crippen LogP contribution in [0.5, 0.6) is 0 Å². The van der Waals surface area contributed by atoms with Gasteiger partial charge in [0.2, 0.25) is 0 Å². The van der Waals surface area contributed by atoms with E-state index in [1.165, 1.54) is 0 Å². The van der Waals surface area contributed by atoms with Crippen LogP contribution in [0.2, 0.25) is 0 Å². The van der Waals surface area contributed by atoms with Crippen LogP contribution < -0.4 is 10.2 Å². The van der Waals surface area contributed by atoms with Crippen LogP contribution in [-0.4, -0.2) is 53.9 Å². The second kappa shape index (κ2) is 7.22. The zero-order valence-corrected chi connectivity index (χ0v) is 13.9. The van der Waals surface area contributed by atoms with Gasteiger partial charge in [-0.05, 0) is 0 Å². The fourth-order valence-electron chi connectivity index (χ4n) is 2.24. The average molecular weight is 312 g/mol. The van der Waals surface area contributed by atoms with Gasteiger partial charge in [0.15, 0.2) is 10.8 Å². The van der Waals surface area contributed by atoms with E-state index in [2.05, 4.69) is 28.5 Å². The smallest absolute Gasteiger partial charge is 0.195 e. The molecule has 0 saturated heterocycles. The maximum atomic E-state index is 9.90. The Morgan fingerprint density at radius 1 is 1.52 bits per heavy atom. The molecule has 0 bridgehead atoms. The van der Waals surface area contributed by atoms with Crippen molar-refractivity contribution < 1.29 is 9.84 Å². The molecule has 0 amide bonds. The third-order valence-corrected chi connectivity index (χ3v) is 3.98. The number of nitrogens with zero attached hydrogens (tertiary/aromatic N) is 3. The Bertz CT molecular complexity index is 566. The highest BCUT2D eigenvalue weighted by Gasteiger charge is 2.18. The molecule has 21 heavy (non-hydrogen) atoms. The van der Waals surface area contributed by atoms with Gasteiger partial charge in [0, 0.05) is 44.9 Å². The first kappa shape index (κ1) is 16.2. The molecule has 6 nitrogen and oxygen atoms in total. The lowest BCUT2D eigenvalue weighted by molar-refractivity contribution is 0.0694. The number of ether oxygens (including phenoxy) is 1. The molecule has 118 valence electrons. The number of imidazole rings is 1. The zero-order chi connectivity index (χ0) is 15.4. The van der Waals surface area contributed by atoms with Crippen molar-refractivity contribution in [2.45, 2.75) is 32.5 Å². The largest absolute Gasteiger partial charge is 0.389 e. The molecule has 0 saturated carbocycles. The molecule has 0 aliphatic heterocycles. The number of nitrogens with one attached hydrogen (secondary N) is 1. The number of hydrogen-bond acceptors (Lipinski definition) is 6. The van der Waals surface area contributed by atoms with Crippen molar-refractivity contribution in [3.05, 3.63) is 17.3 Å². The molecule has 2 aromatic heterocycles. The Kier molecular flexibility index (Phi) is 5.58. The molecule has 0 spiro atoms. The Balaban J connectivity index is 2.20. The van der Waals surface area contributed by atoms with Crippen LogP contribution >= 0.6 is 11.3 Å². The zero-order valence-electron chi connectivity index (χ0n) is 13.0. The highest BCUT2D eigenvalue weighted by atomic mass is 32.1. The van der Waals surface area contributed by atoms with Crippen molar-refractivity contribution >= 4 is 22.1 Å². The standard InChI is InChI=1S/C14H24N4O2S/c1-10(2)15-7-12-13(16-14-18(12)5-6-21-14)17(3)8-11(19)9-20-4/h5-6,10-11,15,19H,7-9H2,1-4H3. The van der Waals surface area contributed by atoms with E-state index in [-0.39, 0.29) is 0 Å². The Morgan fingerprint density at radius 2 is 2.29 bits per heavy atom. The van der Waals surface area contributed by atoms with Crippen molar-refractivity contribution in [2.75, 3.05) is 32.2 Å². The Labute approximate surface area is 129 Å². The summed E-state index contributed by atoms with van der Waals surface area (Å²) in [4.78, 5) is 7.64. The van der Waals surface area contributed by atoms with Crippen LogP contribution in [0.15, 0.2) is 11.6 Å². The molecule has 0 aromatic carbocycles. The normalized spacial score (nSPS) is 13.2. The average Bonchev–Trinajstić information content (AvgIpc) is 2.96. The number of methoxy groups -OCH3 is 1. The molecule has 2 aromatic rings. The minimum absolute atomic E-state index is 0.326. The molecule has 0 aliphatic rings. The van der Waals surface area contributed by atoms with Gasteiger partial charge in [0.1, 0.15) is 0 Å². The first-order valence-electron chi connectivity index (χ1n) is 7.08. The second-order valence-corrected chi connectivity index (χ2v) is 6.34. The third-order valence-electron chi connectivity index (χ3n) is 3.22. The number of likely N-dealkylation sites (N-methyl/N-ethyl adjacent to an activating group) is 1. The molecule has 1 unspecified atom stereocenters. The van der Waals surface area contributed by atoms with Gasteiger partial charge in [-0.2, -0.15) is 0 Å². The van der Waals surface area contributed by atoms with E-state index in [1.54, 1.807) is 18.4 Å². The van der Waals surface area contributed by atoms with Crippen LogP contribution in [0.1, 0.15) is 19.5 Å². The van der Waals surface area contributed by atoms with Gasteiger partial charge in [-0.25, -0.2) is 4.98 Å². The van der Waals surface area contributed by atoms with Crippen LogP contribution in [0, 0.1) is 0 Å². The van der Waals surface area contributed by atoms with E-state index < -0.39 is 6.10 Å². The first-order chi connectivity index (χ1) is 10.0. The van der Waals surface area contributed by atoms with Crippen molar-refractivity contribution in [3.8, 4) is 0 Å². The summed E-state index contributed by atoms with van der Waals surface area (Å²) in [6.07, 6.45) is 1.51. The number of aromatic nitrogens is 2. The quantitative estimate of drug-likeness (QED) is 0.770. The number of anilines is 1. The van der Waals surface area contributed by atoms with Gasteiger partial charge in [0.05, 0.1) is 18.4 Å². The predicted octanol–water partition coefficient (Wildman–Crippen LogP) is 1.34. The second-order valence-electron chi connectivity index (χ2n) is 5.46. The van der Waals surface area contributed by atoms with Crippen molar-refractivity contribution in [1.82, 2.24) is 14.7 Å². The maximum absolute atomic E-state index is 9.90. The minimum Gasteiger partial charge on any atom is -0.389 e.